The van der Waals surface area contributed by atoms with Crippen molar-refractivity contribution < 1.29 is 14.3 Å². The average molecular weight is 345 g/mol. The normalized spacial score (nSPS) is 24.1. The van der Waals surface area contributed by atoms with Gasteiger partial charge in [-0.05, 0) is 44.2 Å². The van der Waals surface area contributed by atoms with E-state index < -0.39 is 0 Å². The first-order valence-electron chi connectivity index (χ1n) is 8.88. The molecule has 6 nitrogen and oxygen atoms in total. The second-order valence-electron chi connectivity index (χ2n) is 7.07. The Labute approximate surface area is 149 Å². The molecule has 0 bridgehead atoms. The van der Waals surface area contributed by atoms with Crippen molar-refractivity contribution in [2.75, 3.05) is 45.7 Å². The second kappa shape index (κ2) is 7.54. The van der Waals surface area contributed by atoms with Crippen LogP contribution in [0.1, 0.15) is 29.6 Å². The summed E-state index contributed by atoms with van der Waals surface area (Å²) < 4.78 is 5.43. The molecule has 2 amide bonds. The minimum absolute atomic E-state index is 0.00793. The highest BCUT2D eigenvalue weighted by Gasteiger charge is 2.31. The highest BCUT2D eigenvalue weighted by molar-refractivity contribution is 5.97. The van der Waals surface area contributed by atoms with Gasteiger partial charge in [-0.3, -0.25) is 14.5 Å². The SMILES string of the molecule is CO[C@H]1C[C@@H](CN(C)C(=O)c2ccc(N3CCCC3=O)cc2)N(C)C1. The van der Waals surface area contributed by atoms with Crippen LogP contribution in [0, 0.1) is 0 Å². The molecule has 3 rings (SSSR count). The summed E-state index contributed by atoms with van der Waals surface area (Å²) in [5, 5.41) is 0. The number of ether oxygens (including phenoxy) is 1. The summed E-state index contributed by atoms with van der Waals surface area (Å²) in [5.74, 6) is 0.168. The van der Waals surface area contributed by atoms with Crippen LogP contribution in [0.3, 0.4) is 0 Å². The van der Waals surface area contributed by atoms with Crippen LogP contribution in [0.4, 0.5) is 5.69 Å². The summed E-state index contributed by atoms with van der Waals surface area (Å²) in [5.41, 5.74) is 1.53. The van der Waals surface area contributed by atoms with Crippen molar-refractivity contribution in [1.29, 1.82) is 0 Å². The molecule has 2 aliphatic rings. The number of nitrogens with zero attached hydrogens (tertiary/aromatic N) is 3. The summed E-state index contributed by atoms with van der Waals surface area (Å²) in [6.07, 6.45) is 2.71. The summed E-state index contributed by atoms with van der Waals surface area (Å²) in [7, 11) is 5.65. The highest BCUT2D eigenvalue weighted by atomic mass is 16.5. The fourth-order valence-corrected chi connectivity index (χ4v) is 3.74. The molecule has 2 atom stereocenters. The maximum atomic E-state index is 12.7. The van der Waals surface area contributed by atoms with E-state index in [0.717, 1.165) is 31.6 Å². The molecule has 0 unspecified atom stereocenters. The molecule has 25 heavy (non-hydrogen) atoms. The van der Waals surface area contributed by atoms with Crippen LogP contribution in [0.15, 0.2) is 24.3 Å². The van der Waals surface area contributed by atoms with Crippen LogP contribution in [-0.4, -0.2) is 74.6 Å². The van der Waals surface area contributed by atoms with Crippen molar-refractivity contribution >= 4 is 17.5 Å². The number of hydrogen-bond acceptors (Lipinski definition) is 4. The third kappa shape index (κ3) is 3.85. The number of amides is 2. The number of carbonyl (C=O) groups excluding carboxylic acids is 2. The highest BCUT2D eigenvalue weighted by Crippen LogP contribution is 2.23. The van der Waals surface area contributed by atoms with E-state index in [0.29, 0.717) is 24.6 Å². The first-order valence-corrected chi connectivity index (χ1v) is 8.88. The van der Waals surface area contributed by atoms with E-state index in [1.165, 1.54) is 0 Å². The van der Waals surface area contributed by atoms with Gasteiger partial charge in [0.2, 0.25) is 5.91 Å². The number of carbonyl (C=O) groups is 2. The molecule has 2 saturated heterocycles. The van der Waals surface area contributed by atoms with E-state index in [9.17, 15) is 9.59 Å². The molecule has 1 aromatic carbocycles. The summed E-state index contributed by atoms with van der Waals surface area (Å²) in [6.45, 7) is 2.35. The van der Waals surface area contributed by atoms with E-state index in [1.807, 2.05) is 31.3 Å². The Hall–Kier alpha value is -1.92. The number of likely N-dealkylation sites (tertiary alicyclic amines) is 1. The predicted octanol–water partition coefficient (Wildman–Crippen LogP) is 1.60. The lowest BCUT2D eigenvalue weighted by Crippen LogP contribution is -2.39. The van der Waals surface area contributed by atoms with Gasteiger partial charge in [-0.25, -0.2) is 0 Å². The van der Waals surface area contributed by atoms with Gasteiger partial charge in [-0.15, -0.1) is 0 Å². The molecule has 0 aliphatic carbocycles. The molecule has 1 aromatic rings. The molecule has 2 aliphatic heterocycles. The number of benzene rings is 1. The Morgan fingerprint density at radius 3 is 2.60 bits per heavy atom. The van der Waals surface area contributed by atoms with Crippen molar-refractivity contribution in [3.8, 4) is 0 Å². The van der Waals surface area contributed by atoms with Gasteiger partial charge in [0.1, 0.15) is 0 Å². The number of rotatable bonds is 5. The lowest BCUT2D eigenvalue weighted by atomic mass is 10.1. The standard InChI is InChI=1S/C19H27N3O3/c1-20-13-17(25-3)11-16(20)12-21(2)19(24)14-6-8-15(9-7-14)22-10-4-5-18(22)23/h6-9,16-17H,4-5,10-13H2,1-3H3/t16-,17-/m0/s1. The minimum atomic E-state index is 0.00793. The third-order valence-electron chi connectivity index (χ3n) is 5.31. The van der Waals surface area contributed by atoms with Gasteiger partial charge in [-0.1, -0.05) is 0 Å². The predicted molar refractivity (Wildman–Crippen MR) is 96.8 cm³/mol. The summed E-state index contributed by atoms with van der Waals surface area (Å²) in [4.78, 5) is 30.3. The number of hydrogen-bond donors (Lipinski definition) is 0. The number of likely N-dealkylation sites (N-methyl/N-ethyl adjacent to an activating group) is 2. The fraction of sp³-hybridized carbons (Fsp3) is 0.579. The van der Waals surface area contributed by atoms with Gasteiger partial charge in [0.25, 0.3) is 5.91 Å². The van der Waals surface area contributed by atoms with Crippen LogP contribution in [-0.2, 0) is 9.53 Å². The first kappa shape index (κ1) is 17.9. The molecule has 136 valence electrons. The topological polar surface area (TPSA) is 53.1 Å². The van der Waals surface area contributed by atoms with Gasteiger partial charge in [0.15, 0.2) is 0 Å². The Morgan fingerprint density at radius 1 is 1.32 bits per heavy atom. The lowest BCUT2D eigenvalue weighted by Gasteiger charge is -2.26. The van der Waals surface area contributed by atoms with E-state index in [4.69, 9.17) is 4.74 Å². The van der Waals surface area contributed by atoms with E-state index in [1.54, 1.807) is 16.9 Å². The molecule has 0 saturated carbocycles. The molecule has 0 N–H and O–H groups in total. The van der Waals surface area contributed by atoms with Crippen molar-refractivity contribution in [3.63, 3.8) is 0 Å². The number of anilines is 1. The van der Waals surface area contributed by atoms with Crippen molar-refractivity contribution in [1.82, 2.24) is 9.80 Å². The molecule has 2 heterocycles. The molecule has 0 spiro atoms. The Bertz CT molecular complexity index is 631. The van der Waals surface area contributed by atoms with Crippen molar-refractivity contribution in [2.45, 2.75) is 31.4 Å². The first-order chi connectivity index (χ1) is 12.0. The summed E-state index contributed by atoms with van der Waals surface area (Å²) in [6, 6.07) is 7.69. The summed E-state index contributed by atoms with van der Waals surface area (Å²) >= 11 is 0. The zero-order chi connectivity index (χ0) is 18.0. The van der Waals surface area contributed by atoms with Gasteiger partial charge in [-0.2, -0.15) is 0 Å². The van der Waals surface area contributed by atoms with Gasteiger partial charge in [0, 0.05) is 57.5 Å². The van der Waals surface area contributed by atoms with Crippen LogP contribution in [0.2, 0.25) is 0 Å². The third-order valence-corrected chi connectivity index (χ3v) is 5.31. The van der Waals surface area contributed by atoms with Crippen molar-refractivity contribution in [2.24, 2.45) is 0 Å². The molecule has 2 fully saturated rings. The van der Waals surface area contributed by atoms with Crippen LogP contribution < -0.4 is 4.90 Å². The van der Waals surface area contributed by atoms with Crippen molar-refractivity contribution in [3.05, 3.63) is 29.8 Å². The van der Waals surface area contributed by atoms with Gasteiger partial charge in [0.05, 0.1) is 6.10 Å². The van der Waals surface area contributed by atoms with Crippen LogP contribution >= 0.6 is 0 Å². The maximum absolute atomic E-state index is 12.7. The smallest absolute Gasteiger partial charge is 0.253 e. The molecular formula is C19H27N3O3. The fourth-order valence-electron chi connectivity index (χ4n) is 3.74. The maximum Gasteiger partial charge on any atom is 0.253 e. The van der Waals surface area contributed by atoms with Gasteiger partial charge >= 0.3 is 0 Å². The average Bonchev–Trinajstić information content (AvgIpc) is 3.20. The van der Waals surface area contributed by atoms with Crippen LogP contribution in [0.5, 0.6) is 0 Å². The second-order valence-corrected chi connectivity index (χ2v) is 7.07. The number of methoxy groups -OCH3 is 1. The Balaban J connectivity index is 1.61. The molecular weight excluding hydrogens is 318 g/mol. The van der Waals surface area contributed by atoms with Gasteiger partial charge < -0.3 is 14.5 Å². The Morgan fingerprint density at radius 2 is 2.04 bits per heavy atom. The zero-order valence-corrected chi connectivity index (χ0v) is 15.3. The molecule has 0 aromatic heterocycles. The lowest BCUT2D eigenvalue weighted by molar-refractivity contribution is -0.117. The molecule has 0 radical (unpaired) electrons. The zero-order valence-electron chi connectivity index (χ0n) is 15.3. The van der Waals surface area contributed by atoms with E-state index in [-0.39, 0.29) is 17.9 Å². The minimum Gasteiger partial charge on any atom is -0.380 e. The quantitative estimate of drug-likeness (QED) is 0.813. The van der Waals surface area contributed by atoms with Crippen LogP contribution in [0.25, 0.3) is 0 Å². The largest absolute Gasteiger partial charge is 0.380 e. The van der Waals surface area contributed by atoms with E-state index >= 15 is 0 Å². The van der Waals surface area contributed by atoms with E-state index in [2.05, 4.69) is 11.9 Å². The Kier molecular flexibility index (Phi) is 5.39. The molecule has 6 heteroatoms. The monoisotopic (exact) mass is 345 g/mol.